The van der Waals surface area contributed by atoms with E-state index in [0.29, 0.717) is 0 Å². The van der Waals surface area contributed by atoms with Gasteiger partial charge >= 0.3 is 29.8 Å². The van der Waals surface area contributed by atoms with Gasteiger partial charge in [-0.15, -0.1) is 0 Å². The maximum atomic E-state index is 14.5. The average Bonchev–Trinajstić information content (AvgIpc) is 3.42. The Kier molecular flexibility index (Phi) is 19.5. The van der Waals surface area contributed by atoms with Crippen LogP contribution in [0.2, 0.25) is 0 Å². The summed E-state index contributed by atoms with van der Waals surface area (Å²) in [7, 11) is 13.6. The van der Waals surface area contributed by atoms with Gasteiger partial charge in [0.2, 0.25) is 0 Å². The highest BCUT2D eigenvalue weighted by Gasteiger charge is 2.46. The van der Waals surface area contributed by atoms with E-state index in [-0.39, 0.29) is 85.3 Å². The molecule has 5 rings (SSSR count). The minimum absolute atomic E-state index is 0.0648. The summed E-state index contributed by atoms with van der Waals surface area (Å²) in [4.78, 5) is 71.3. The molecular weight excluding hydrogens is 949 g/mol. The van der Waals surface area contributed by atoms with Crippen molar-refractivity contribution in [3.63, 3.8) is 0 Å². The second-order valence-electron chi connectivity index (χ2n) is 14.8. The second-order valence-corrected chi connectivity index (χ2v) is 14.8. The van der Waals surface area contributed by atoms with Gasteiger partial charge in [-0.3, -0.25) is 0 Å². The molecule has 0 fully saturated rings. The number of hydrogen-bond donors (Lipinski definition) is 1. The number of methoxy groups -OCH3 is 10. The van der Waals surface area contributed by atoms with E-state index in [1.807, 2.05) is 0 Å². The first-order valence-corrected chi connectivity index (χ1v) is 21.5. The molecule has 21 heteroatoms. The van der Waals surface area contributed by atoms with Gasteiger partial charge in [0.05, 0.1) is 106 Å². The monoisotopic (exact) mass is 1000 g/mol. The van der Waals surface area contributed by atoms with Crippen molar-refractivity contribution in [2.45, 2.75) is 24.4 Å². The number of hydrogen-bond acceptors (Lipinski definition) is 21. The molecule has 4 atom stereocenters. The molecule has 0 aromatic heterocycles. The number of ether oxygens (including phenoxy) is 15. The molecule has 0 aliphatic carbocycles. The van der Waals surface area contributed by atoms with Crippen molar-refractivity contribution in [3.8, 4) is 57.5 Å². The Morgan fingerprint density at radius 3 is 0.833 bits per heavy atom. The third-order valence-corrected chi connectivity index (χ3v) is 10.7. The molecule has 5 aromatic carbocycles. The molecule has 0 unspecified atom stereocenters. The van der Waals surface area contributed by atoms with E-state index < -0.39 is 67.5 Å². The fourth-order valence-electron chi connectivity index (χ4n) is 6.96. The summed E-state index contributed by atoms with van der Waals surface area (Å²) >= 11 is 0. The van der Waals surface area contributed by atoms with Crippen LogP contribution in [0.1, 0.15) is 51.8 Å². The lowest BCUT2D eigenvalue weighted by Crippen LogP contribution is -2.54. The first kappa shape index (κ1) is 54.4. The highest BCUT2D eigenvalue weighted by molar-refractivity contribution is 5.93. The van der Waals surface area contributed by atoms with E-state index in [1.165, 1.54) is 162 Å². The number of benzene rings is 5. The Balaban J connectivity index is 1.73. The second kappa shape index (κ2) is 25.9. The molecule has 0 heterocycles. The van der Waals surface area contributed by atoms with E-state index in [9.17, 15) is 29.1 Å². The molecule has 0 aliphatic rings. The quantitative estimate of drug-likeness (QED) is 0.0534. The van der Waals surface area contributed by atoms with Gasteiger partial charge in [0.25, 0.3) is 0 Å². The van der Waals surface area contributed by atoms with Crippen LogP contribution in [-0.4, -0.2) is 144 Å². The Labute approximate surface area is 414 Å². The van der Waals surface area contributed by atoms with Crippen molar-refractivity contribution >= 4 is 29.8 Å². The van der Waals surface area contributed by atoms with Gasteiger partial charge in [-0.05, 0) is 91.0 Å². The minimum Gasteiger partial charge on any atom is -0.493 e. The number of rotatable bonds is 25. The SMILES string of the molecule is COc1ccc(C(=O)OC[C@@H](OC(=O)c2ccc(OC)c(OC)c2)[C@@H](OC(=O)c2ccc(OC)c(OC)c2)[C@H](OC(=O)c2ccc(OC)c(OC)c2)[C@@H](CO)OC(=O)c2ccc(OC)c(OC)c2)cc1OC. The lowest BCUT2D eigenvalue weighted by atomic mass is 10.0. The topological polar surface area (TPSA) is 244 Å². The van der Waals surface area contributed by atoms with Crippen molar-refractivity contribution in [3.05, 3.63) is 119 Å². The zero-order chi connectivity index (χ0) is 52.5. The summed E-state index contributed by atoms with van der Waals surface area (Å²) in [6.45, 7) is -2.09. The van der Waals surface area contributed by atoms with Crippen molar-refractivity contribution < 1.29 is 100 Å². The Bertz CT molecular complexity index is 2700. The van der Waals surface area contributed by atoms with Crippen LogP contribution in [0.4, 0.5) is 0 Å². The zero-order valence-corrected chi connectivity index (χ0v) is 41.0. The fraction of sp³-hybridized carbons (Fsp3) is 0.314. The van der Waals surface area contributed by atoms with Crippen molar-refractivity contribution in [1.29, 1.82) is 0 Å². The number of carbonyl (C=O) groups excluding carboxylic acids is 5. The molecule has 0 saturated heterocycles. The first-order chi connectivity index (χ1) is 34.7. The van der Waals surface area contributed by atoms with Crippen LogP contribution in [0.3, 0.4) is 0 Å². The normalized spacial score (nSPS) is 12.3. The molecule has 0 aliphatic heterocycles. The van der Waals surface area contributed by atoms with E-state index in [0.717, 1.165) is 0 Å². The molecule has 0 bridgehead atoms. The molecule has 0 radical (unpaired) electrons. The summed E-state index contributed by atoms with van der Waals surface area (Å²) < 4.78 is 83.6. The molecule has 72 heavy (non-hydrogen) atoms. The molecule has 5 aromatic rings. The zero-order valence-electron chi connectivity index (χ0n) is 41.0. The van der Waals surface area contributed by atoms with Crippen LogP contribution in [0.25, 0.3) is 0 Å². The van der Waals surface area contributed by atoms with E-state index >= 15 is 0 Å². The van der Waals surface area contributed by atoms with Gasteiger partial charge in [-0.1, -0.05) is 0 Å². The van der Waals surface area contributed by atoms with Gasteiger partial charge in [0.1, 0.15) is 6.61 Å². The van der Waals surface area contributed by atoms with E-state index in [2.05, 4.69) is 0 Å². The largest absolute Gasteiger partial charge is 0.493 e. The van der Waals surface area contributed by atoms with Gasteiger partial charge < -0.3 is 76.2 Å². The lowest BCUT2D eigenvalue weighted by molar-refractivity contribution is -0.137. The molecule has 384 valence electrons. The summed E-state index contributed by atoms with van der Waals surface area (Å²) in [5.74, 6) is -3.70. The standard InChI is InChI=1S/C51H54O21/c1-58-33-16-11-28(21-38(33)63-6)47(53)68-27-44(70-49(55)30-13-18-35(60-3)40(23-30)65-8)46(72-51(57)32-15-20-37(62-5)42(25-32)67-10)45(71-50(56)31-14-19-36(61-4)41(24-31)66-9)43(26-52)69-48(54)29-12-17-34(59-2)39(22-29)64-7/h11-25,43-46,52H,26-27H2,1-10H3/t43-,44-,45-,46-/m1/s1. The maximum Gasteiger partial charge on any atom is 0.338 e. The molecule has 0 amide bonds. The summed E-state index contributed by atoms with van der Waals surface area (Å²) in [5.41, 5.74) is -0.700. The van der Waals surface area contributed by atoms with Gasteiger partial charge in [0, 0.05) is 0 Å². The van der Waals surface area contributed by atoms with Crippen molar-refractivity contribution in [2.75, 3.05) is 84.3 Å². The highest BCUT2D eigenvalue weighted by atomic mass is 16.6. The summed E-state index contributed by atoms with van der Waals surface area (Å²) in [6, 6.07) is 20.2. The predicted molar refractivity (Wildman–Crippen MR) is 252 cm³/mol. The summed E-state index contributed by atoms with van der Waals surface area (Å²) in [5, 5.41) is 11.2. The van der Waals surface area contributed by atoms with Crippen LogP contribution in [0.15, 0.2) is 91.0 Å². The minimum atomic E-state index is -2.15. The maximum absolute atomic E-state index is 14.5. The number of carbonyl (C=O) groups is 5. The van der Waals surface area contributed by atoms with Gasteiger partial charge in [0.15, 0.2) is 81.9 Å². The van der Waals surface area contributed by atoms with Crippen LogP contribution in [-0.2, 0) is 23.7 Å². The number of esters is 5. The Morgan fingerprint density at radius 2 is 0.569 bits per heavy atom. The molecule has 0 saturated carbocycles. The average molecular weight is 1000 g/mol. The van der Waals surface area contributed by atoms with Crippen molar-refractivity contribution in [1.82, 2.24) is 0 Å². The number of aliphatic hydroxyl groups excluding tert-OH is 1. The third kappa shape index (κ3) is 13.0. The van der Waals surface area contributed by atoms with Gasteiger partial charge in [-0.2, -0.15) is 0 Å². The molecule has 21 nitrogen and oxygen atoms in total. The van der Waals surface area contributed by atoms with Crippen LogP contribution in [0.5, 0.6) is 57.5 Å². The molecule has 0 spiro atoms. The molecule has 1 N–H and O–H groups in total. The Hall–Kier alpha value is -8.59. The molecular formula is C51H54O21. The van der Waals surface area contributed by atoms with Crippen LogP contribution >= 0.6 is 0 Å². The predicted octanol–water partition coefficient (Wildman–Crippen LogP) is 5.82. The fourth-order valence-corrected chi connectivity index (χ4v) is 6.96. The first-order valence-electron chi connectivity index (χ1n) is 21.5. The lowest BCUT2D eigenvalue weighted by Gasteiger charge is -2.35. The van der Waals surface area contributed by atoms with Gasteiger partial charge in [-0.25, -0.2) is 24.0 Å². The van der Waals surface area contributed by atoms with Crippen LogP contribution in [0, 0.1) is 0 Å². The van der Waals surface area contributed by atoms with Crippen molar-refractivity contribution in [2.24, 2.45) is 0 Å². The smallest absolute Gasteiger partial charge is 0.338 e. The van der Waals surface area contributed by atoms with Crippen LogP contribution < -0.4 is 47.4 Å². The number of aliphatic hydroxyl groups is 1. The Morgan fingerprint density at radius 1 is 0.333 bits per heavy atom. The van der Waals surface area contributed by atoms with E-state index in [4.69, 9.17) is 71.1 Å². The highest BCUT2D eigenvalue weighted by Crippen LogP contribution is 2.34. The third-order valence-electron chi connectivity index (χ3n) is 10.7. The van der Waals surface area contributed by atoms with E-state index in [1.54, 1.807) is 0 Å². The summed E-state index contributed by atoms with van der Waals surface area (Å²) in [6.07, 6.45) is -8.24.